The van der Waals surface area contributed by atoms with Gasteiger partial charge < -0.3 is 9.97 Å². The molecule has 0 bridgehead atoms. The Bertz CT molecular complexity index is 658. The zero-order valence-electron chi connectivity index (χ0n) is 10.7. The monoisotopic (exact) mass is 685 g/mol. The van der Waals surface area contributed by atoms with E-state index in [9.17, 15) is 0 Å². The van der Waals surface area contributed by atoms with Crippen molar-refractivity contribution >= 4 is 60.8 Å². The van der Waals surface area contributed by atoms with E-state index in [1.807, 2.05) is 48.8 Å². The first-order chi connectivity index (χ1) is 10.3. The number of pyridine rings is 2. The molecule has 2 N–H and O–H groups in total. The summed E-state index contributed by atoms with van der Waals surface area (Å²) in [6.07, 6.45) is 7.33. The molecule has 0 unspecified atom stereocenters. The molecule has 4 rings (SSSR count). The van der Waals surface area contributed by atoms with Crippen molar-refractivity contribution in [3.8, 4) is 0 Å². The smallest absolute Gasteiger partial charge is 0.137 e. The Morgan fingerprint density at radius 3 is 1.57 bits per heavy atom. The van der Waals surface area contributed by atoms with E-state index in [-0.39, 0.29) is 0 Å². The van der Waals surface area contributed by atoms with Gasteiger partial charge in [-0.1, -0.05) is 0 Å². The standard InChI is InChI=1S/2C7H6N2.2HI.Pt/c2*1-2-6-3-5-9-7(6)8-4-1;;;/h2*1-5H,(H,8,9);2*1H;/q;;;;+2/p-2. The quantitative estimate of drug-likeness (QED) is 0.259. The predicted octanol–water partition coefficient (Wildman–Crippen LogP) is 4.89. The number of nitrogens with one attached hydrogen (secondary N) is 2. The van der Waals surface area contributed by atoms with Crippen LogP contribution in [0.2, 0.25) is 0 Å². The van der Waals surface area contributed by atoms with Crippen molar-refractivity contribution in [3.63, 3.8) is 0 Å². The van der Waals surface area contributed by atoms with Gasteiger partial charge in [0.2, 0.25) is 0 Å². The minimum atomic E-state index is 0.523. The van der Waals surface area contributed by atoms with Gasteiger partial charge in [-0.25, -0.2) is 9.97 Å². The molecule has 21 heavy (non-hydrogen) atoms. The summed E-state index contributed by atoms with van der Waals surface area (Å²) in [7, 11) is 0. The molecule has 0 aliphatic carbocycles. The van der Waals surface area contributed by atoms with Crippen molar-refractivity contribution in [3.05, 3.63) is 61.2 Å². The molecule has 0 saturated heterocycles. The zero-order valence-corrected chi connectivity index (χ0v) is 17.3. The van der Waals surface area contributed by atoms with Crippen LogP contribution in [-0.4, -0.2) is 19.9 Å². The molecule has 0 aliphatic rings. The Kier molecular flexibility index (Phi) is 7.66. The Morgan fingerprint density at radius 2 is 1.19 bits per heavy atom. The van der Waals surface area contributed by atoms with E-state index in [1.54, 1.807) is 12.4 Å². The van der Waals surface area contributed by atoms with Gasteiger partial charge >= 0.3 is 49.9 Å². The summed E-state index contributed by atoms with van der Waals surface area (Å²) >= 11 is 5.30. The maximum absolute atomic E-state index is 4.09. The molecule has 4 heterocycles. The van der Waals surface area contributed by atoms with Gasteiger partial charge in [-0.3, -0.25) is 0 Å². The second kappa shape index (κ2) is 9.53. The van der Waals surface area contributed by atoms with Crippen LogP contribution in [0.4, 0.5) is 0 Å². The van der Waals surface area contributed by atoms with E-state index in [0.717, 1.165) is 22.1 Å². The molecule has 0 aromatic carbocycles. The maximum Gasteiger partial charge on any atom is 0.137 e. The summed E-state index contributed by atoms with van der Waals surface area (Å²) in [6.45, 7) is 0. The average Bonchev–Trinajstić information content (AvgIpc) is 3.17. The van der Waals surface area contributed by atoms with Gasteiger partial charge in [0, 0.05) is 35.6 Å². The fourth-order valence-corrected chi connectivity index (χ4v) is 1.77. The van der Waals surface area contributed by atoms with Crippen LogP contribution in [0.15, 0.2) is 61.2 Å². The number of rotatable bonds is 0. The molecule has 112 valence electrons. The van der Waals surface area contributed by atoms with Crippen LogP contribution >= 0.6 is 38.7 Å². The summed E-state index contributed by atoms with van der Waals surface area (Å²) in [6, 6.07) is 11.9. The number of hydrogen-bond acceptors (Lipinski definition) is 2. The average molecular weight is 685 g/mol. The van der Waals surface area contributed by atoms with Crippen molar-refractivity contribution in [2.24, 2.45) is 0 Å². The fraction of sp³-hybridized carbons (Fsp3) is 0. The number of aromatic nitrogens is 4. The van der Waals surface area contributed by atoms with Crippen molar-refractivity contribution in [2.45, 2.75) is 0 Å². The fourth-order valence-electron chi connectivity index (χ4n) is 1.77. The first kappa shape index (κ1) is 16.9. The van der Waals surface area contributed by atoms with Gasteiger partial charge in [0.1, 0.15) is 11.3 Å². The summed E-state index contributed by atoms with van der Waals surface area (Å²) in [4.78, 5) is 14.2. The molecule has 4 aromatic heterocycles. The van der Waals surface area contributed by atoms with Crippen LogP contribution < -0.4 is 0 Å². The Balaban J connectivity index is 0.000000130. The van der Waals surface area contributed by atoms with E-state index in [0.29, 0.717) is 11.2 Å². The van der Waals surface area contributed by atoms with Gasteiger partial charge in [0.05, 0.1) is 0 Å². The van der Waals surface area contributed by atoms with Gasteiger partial charge in [-0.05, 0) is 36.4 Å². The predicted molar refractivity (Wildman–Crippen MR) is 100 cm³/mol. The van der Waals surface area contributed by atoms with E-state index in [2.05, 4.69) is 58.6 Å². The third-order valence-corrected chi connectivity index (χ3v) is 2.64. The van der Waals surface area contributed by atoms with Crippen molar-refractivity contribution in [1.82, 2.24) is 19.9 Å². The number of halogens is 2. The van der Waals surface area contributed by atoms with Gasteiger partial charge in [-0.15, -0.1) is 0 Å². The Hall–Kier alpha value is -0.472. The number of aromatic amines is 2. The first-order valence-electron chi connectivity index (χ1n) is 5.93. The minimum absolute atomic E-state index is 0.523. The SMILES string of the molecule is [I][Pt][I].c1cnc2[nH]ccc2c1.c1cnc2[nH]ccc2c1. The summed E-state index contributed by atoms with van der Waals surface area (Å²) in [5.74, 6) is 0. The van der Waals surface area contributed by atoms with Crippen LogP contribution in [0.1, 0.15) is 0 Å². The molecule has 0 radical (unpaired) electrons. The molecule has 0 atom stereocenters. The molecule has 4 aromatic rings. The van der Waals surface area contributed by atoms with Gasteiger partial charge in [-0.2, -0.15) is 0 Å². The maximum atomic E-state index is 4.09. The molecule has 0 fully saturated rings. The minimum Gasteiger partial charge on any atom is -0.346 e. The topological polar surface area (TPSA) is 57.4 Å². The van der Waals surface area contributed by atoms with E-state index in [4.69, 9.17) is 0 Å². The Morgan fingerprint density at radius 1 is 0.762 bits per heavy atom. The summed E-state index contributed by atoms with van der Waals surface area (Å²) in [5.41, 5.74) is 1.91. The Labute approximate surface area is 151 Å². The zero-order chi connectivity index (χ0) is 14.9. The molecule has 4 nitrogen and oxygen atoms in total. The van der Waals surface area contributed by atoms with E-state index >= 15 is 0 Å². The van der Waals surface area contributed by atoms with Gasteiger partial charge in [0.15, 0.2) is 0 Å². The van der Waals surface area contributed by atoms with Crippen LogP contribution in [0, 0.1) is 0 Å². The number of fused-ring (bicyclic) bond motifs is 2. The molecular weight excluding hydrogens is 673 g/mol. The van der Waals surface area contributed by atoms with Crippen LogP contribution in [0.25, 0.3) is 22.1 Å². The molecular formula is C14H12I2N4Pt. The van der Waals surface area contributed by atoms with Crippen LogP contribution in [-0.2, 0) is 11.2 Å². The van der Waals surface area contributed by atoms with Crippen LogP contribution in [0.3, 0.4) is 0 Å². The molecule has 0 saturated carbocycles. The third-order valence-electron chi connectivity index (χ3n) is 2.64. The van der Waals surface area contributed by atoms with Crippen molar-refractivity contribution < 1.29 is 11.2 Å². The van der Waals surface area contributed by atoms with Crippen molar-refractivity contribution in [1.29, 1.82) is 0 Å². The molecule has 0 aliphatic heterocycles. The van der Waals surface area contributed by atoms with E-state index in [1.165, 1.54) is 0 Å². The molecule has 0 spiro atoms. The van der Waals surface area contributed by atoms with Crippen molar-refractivity contribution in [2.75, 3.05) is 0 Å². The summed E-state index contributed by atoms with van der Waals surface area (Å²) < 4.78 is 0. The number of H-pyrrole nitrogens is 2. The molecule has 0 amide bonds. The van der Waals surface area contributed by atoms with E-state index < -0.39 is 0 Å². The van der Waals surface area contributed by atoms with Crippen LogP contribution in [0.5, 0.6) is 0 Å². The summed E-state index contributed by atoms with van der Waals surface area (Å²) in [5, 5.41) is 2.33. The van der Waals surface area contributed by atoms with Gasteiger partial charge in [0.25, 0.3) is 0 Å². The molecule has 7 heteroatoms. The number of nitrogens with zero attached hydrogens (tertiary/aromatic N) is 2. The largest absolute Gasteiger partial charge is 0.346 e. The number of hydrogen-bond donors (Lipinski definition) is 2. The second-order valence-corrected chi connectivity index (χ2v) is 20.5. The first-order valence-corrected chi connectivity index (χ1v) is 18.8. The second-order valence-electron chi connectivity index (χ2n) is 3.88. The normalized spacial score (nSPS) is 9.81. The third kappa shape index (κ3) is 5.34.